The molecule has 2 N–H and O–H groups in total. The number of methoxy groups -OCH3 is 1. The number of fused-ring (bicyclic) bond motifs is 1. The van der Waals surface area contributed by atoms with E-state index in [1.165, 1.54) is 11.3 Å². The SMILES string of the molecule is COc1ccc(-c2ccc3sc(C(=O)NCC(=O)O)cc3c2)cc1. The van der Waals surface area contributed by atoms with E-state index >= 15 is 0 Å². The summed E-state index contributed by atoms with van der Waals surface area (Å²) in [5.74, 6) is -0.636. The first-order valence-electron chi connectivity index (χ1n) is 7.25. The number of rotatable bonds is 5. The average Bonchev–Trinajstić information content (AvgIpc) is 3.03. The molecular weight excluding hydrogens is 326 g/mol. The summed E-state index contributed by atoms with van der Waals surface area (Å²) in [5, 5.41) is 12.0. The molecule has 3 rings (SSSR count). The summed E-state index contributed by atoms with van der Waals surface area (Å²) in [4.78, 5) is 23.0. The number of carbonyl (C=O) groups excluding carboxylic acids is 1. The van der Waals surface area contributed by atoms with Crippen molar-refractivity contribution in [2.24, 2.45) is 0 Å². The van der Waals surface area contributed by atoms with Gasteiger partial charge >= 0.3 is 5.97 Å². The highest BCUT2D eigenvalue weighted by molar-refractivity contribution is 7.20. The maximum absolute atomic E-state index is 12.0. The van der Waals surface area contributed by atoms with Crippen molar-refractivity contribution < 1.29 is 19.4 Å². The standard InChI is InChI=1S/C18H15NO4S/c1-23-14-5-2-11(3-6-14)12-4-7-15-13(8-12)9-16(24-15)18(22)19-10-17(20)21/h2-9H,10H2,1H3,(H,19,22)(H,20,21). The fourth-order valence-corrected chi connectivity index (χ4v) is 3.32. The van der Waals surface area contributed by atoms with E-state index in [1.807, 2.05) is 42.5 Å². The van der Waals surface area contributed by atoms with Crippen LogP contribution in [0.2, 0.25) is 0 Å². The molecule has 0 atom stereocenters. The molecule has 0 spiro atoms. The highest BCUT2D eigenvalue weighted by atomic mass is 32.1. The molecule has 1 amide bonds. The molecule has 0 saturated carbocycles. The van der Waals surface area contributed by atoms with Crippen molar-refractivity contribution in [3.05, 3.63) is 53.4 Å². The van der Waals surface area contributed by atoms with Gasteiger partial charge in [0.2, 0.25) is 0 Å². The van der Waals surface area contributed by atoms with Gasteiger partial charge < -0.3 is 15.2 Å². The van der Waals surface area contributed by atoms with Crippen LogP contribution in [0.1, 0.15) is 9.67 Å². The molecule has 0 aliphatic heterocycles. The minimum Gasteiger partial charge on any atom is -0.497 e. The van der Waals surface area contributed by atoms with Crippen LogP contribution in [0.5, 0.6) is 5.75 Å². The lowest BCUT2D eigenvalue weighted by atomic mass is 10.0. The minimum atomic E-state index is -1.06. The molecule has 0 fully saturated rings. The number of carbonyl (C=O) groups is 2. The number of hydrogen-bond acceptors (Lipinski definition) is 4. The molecule has 1 heterocycles. The highest BCUT2D eigenvalue weighted by Gasteiger charge is 2.12. The van der Waals surface area contributed by atoms with Crippen LogP contribution in [-0.4, -0.2) is 30.6 Å². The maximum Gasteiger partial charge on any atom is 0.322 e. The molecule has 0 aliphatic rings. The number of benzene rings is 2. The smallest absolute Gasteiger partial charge is 0.322 e. The van der Waals surface area contributed by atoms with Gasteiger partial charge in [0.25, 0.3) is 5.91 Å². The third-order valence-corrected chi connectivity index (χ3v) is 4.68. The van der Waals surface area contributed by atoms with E-state index in [-0.39, 0.29) is 12.5 Å². The summed E-state index contributed by atoms with van der Waals surface area (Å²) in [6, 6.07) is 15.5. The summed E-state index contributed by atoms with van der Waals surface area (Å²) in [6.07, 6.45) is 0. The fourth-order valence-electron chi connectivity index (χ4n) is 2.36. The lowest BCUT2D eigenvalue weighted by Crippen LogP contribution is -2.28. The van der Waals surface area contributed by atoms with E-state index in [2.05, 4.69) is 5.32 Å². The van der Waals surface area contributed by atoms with Crippen LogP contribution in [-0.2, 0) is 4.79 Å². The Balaban J connectivity index is 1.88. The van der Waals surface area contributed by atoms with Gasteiger partial charge in [-0.1, -0.05) is 18.2 Å². The van der Waals surface area contributed by atoms with E-state index in [0.29, 0.717) is 4.88 Å². The largest absolute Gasteiger partial charge is 0.497 e. The Kier molecular flexibility index (Phi) is 4.48. The summed E-state index contributed by atoms with van der Waals surface area (Å²) in [6.45, 7) is -0.385. The number of amides is 1. The van der Waals surface area contributed by atoms with Gasteiger partial charge in [-0.15, -0.1) is 11.3 Å². The van der Waals surface area contributed by atoms with Gasteiger partial charge in [-0.3, -0.25) is 9.59 Å². The Labute approximate surface area is 142 Å². The van der Waals surface area contributed by atoms with Crippen LogP contribution < -0.4 is 10.1 Å². The van der Waals surface area contributed by atoms with E-state index in [4.69, 9.17) is 9.84 Å². The van der Waals surface area contributed by atoms with Crippen molar-refractivity contribution in [2.45, 2.75) is 0 Å². The summed E-state index contributed by atoms with van der Waals surface area (Å²) < 4.78 is 6.14. The average molecular weight is 341 g/mol. The zero-order valence-electron chi connectivity index (χ0n) is 12.9. The predicted octanol–water partition coefficient (Wildman–Crippen LogP) is 3.39. The second-order valence-corrected chi connectivity index (χ2v) is 6.25. The first kappa shape index (κ1) is 16.0. The van der Waals surface area contributed by atoms with Crippen molar-refractivity contribution in [2.75, 3.05) is 13.7 Å². The fraction of sp³-hybridized carbons (Fsp3) is 0.111. The number of carboxylic acids is 1. The summed E-state index contributed by atoms with van der Waals surface area (Å²) in [7, 11) is 1.63. The van der Waals surface area contributed by atoms with Gasteiger partial charge in [-0.05, 0) is 46.8 Å². The first-order valence-corrected chi connectivity index (χ1v) is 8.06. The monoisotopic (exact) mass is 341 g/mol. The van der Waals surface area contributed by atoms with Crippen molar-refractivity contribution in [3.8, 4) is 16.9 Å². The van der Waals surface area contributed by atoms with E-state index in [9.17, 15) is 9.59 Å². The minimum absolute atomic E-state index is 0.371. The Morgan fingerprint density at radius 3 is 2.46 bits per heavy atom. The van der Waals surface area contributed by atoms with E-state index in [1.54, 1.807) is 13.2 Å². The molecule has 3 aromatic rings. The number of hydrogen-bond donors (Lipinski definition) is 2. The molecule has 0 radical (unpaired) electrons. The number of aliphatic carboxylic acids is 1. The van der Waals surface area contributed by atoms with Crippen molar-refractivity contribution in [3.63, 3.8) is 0 Å². The second kappa shape index (κ2) is 6.72. The predicted molar refractivity (Wildman–Crippen MR) is 93.8 cm³/mol. The first-order chi connectivity index (χ1) is 11.6. The second-order valence-electron chi connectivity index (χ2n) is 5.17. The van der Waals surface area contributed by atoms with Crippen LogP contribution in [0.25, 0.3) is 21.2 Å². The number of carboxylic acid groups (broad SMARTS) is 1. The summed E-state index contributed by atoms with van der Waals surface area (Å²) in [5.41, 5.74) is 2.10. The zero-order valence-corrected chi connectivity index (χ0v) is 13.7. The van der Waals surface area contributed by atoms with Gasteiger partial charge in [0.05, 0.1) is 12.0 Å². The lowest BCUT2D eigenvalue weighted by Gasteiger charge is -2.04. The van der Waals surface area contributed by atoms with Gasteiger partial charge in [-0.25, -0.2) is 0 Å². The van der Waals surface area contributed by atoms with Crippen LogP contribution >= 0.6 is 11.3 Å². The number of thiophene rings is 1. The molecule has 0 aliphatic carbocycles. The van der Waals surface area contributed by atoms with Gasteiger partial charge in [0.15, 0.2) is 0 Å². The van der Waals surface area contributed by atoms with E-state index in [0.717, 1.165) is 27.0 Å². The van der Waals surface area contributed by atoms with Crippen LogP contribution in [0.15, 0.2) is 48.5 Å². The maximum atomic E-state index is 12.0. The third-order valence-electron chi connectivity index (χ3n) is 3.56. The van der Waals surface area contributed by atoms with Crippen molar-refractivity contribution >= 4 is 33.3 Å². The molecule has 0 saturated heterocycles. The normalized spacial score (nSPS) is 10.5. The van der Waals surface area contributed by atoms with Crippen molar-refractivity contribution in [1.82, 2.24) is 5.32 Å². The number of ether oxygens (including phenoxy) is 1. The third kappa shape index (κ3) is 3.38. The van der Waals surface area contributed by atoms with Gasteiger partial charge in [-0.2, -0.15) is 0 Å². The zero-order chi connectivity index (χ0) is 17.1. The molecule has 5 nitrogen and oxygen atoms in total. The lowest BCUT2D eigenvalue weighted by molar-refractivity contribution is -0.135. The molecule has 6 heteroatoms. The Bertz CT molecular complexity index is 899. The Morgan fingerprint density at radius 2 is 1.79 bits per heavy atom. The molecule has 0 bridgehead atoms. The molecule has 2 aromatic carbocycles. The van der Waals surface area contributed by atoms with Crippen LogP contribution in [0, 0.1) is 0 Å². The van der Waals surface area contributed by atoms with Gasteiger partial charge in [0.1, 0.15) is 12.3 Å². The number of nitrogens with one attached hydrogen (secondary N) is 1. The highest BCUT2D eigenvalue weighted by Crippen LogP contribution is 2.31. The van der Waals surface area contributed by atoms with Crippen LogP contribution in [0.3, 0.4) is 0 Å². The molecule has 1 aromatic heterocycles. The summed E-state index contributed by atoms with van der Waals surface area (Å²) >= 11 is 1.34. The quantitative estimate of drug-likeness (QED) is 0.746. The Hall–Kier alpha value is -2.86. The van der Waals surface area contributed by atoms with Gasteiger partial charge in [0, 0.05) is 4.70 Å². The topological polar surface area (TPSA) is 75.6 Å². The Morgan fingerprint density at radius 1 is 1.08 bits per heavy atom. The molecular formula is C18H15NO4S. The molecule has 122 valence electrons. The van der Waals surface area contributed by atoms with Crippen LogP contribution in [0.4, 0.5) is 0 Å². The molecule has 24 heavy (non-hydrogen) atoms. The molecule has 0 unspecified atom stereocenters. The van der Waals surface area contributed by atoms with E-state index < -0.39 is 5.97 Å². The van der Waals surface area contributed by atoms with Crippen molar-refractivity contribution in [1.29, 1.82) is 0 Å².